The number of thioether (sulfide) groups is 1. The van der Waals surface area contributed by atoms with Crippen molar-refractivity contribution in [2.45, 2.75) is 25.6 Å². The van der Waals surface area contributed by atoms with Crippen LogP contribution in [0.25, 0.3) is 0 Å². The standard InChI is InChI=1S/C9H13ClO2S/c1-6(11)12-8-5-13-4-7(8)9(2,3)10/h5,7H,4H2,1-3H3/t7-/m0/s1. The minimum absolute atomic E-state index is 0.128. The van der Waals surface area contributed by atoms with E-state index in [9.17, 15) is 4.79 Å². The van der Waals surface area contributed by atoms with Gasteiger partial charge in [-0.1, -0.05) is 0 Å². The van der Waals surface area contributed by atoms with E-state index < -0.39 is 0 Å². The number of ether oxygens (including phenoxy) is 1. The Kier molecular flexibility index (Phi) is 3.30. The van der Waals surface area contributed by atoms with Crippen LogP contribution in [-0.4, -0.2) is 16.6 Å². The molecule has 1 aliphatic rings. The second-order valence-corrected chi connectivity index (χ2v) is 5.44. The molecule has 0 amide bonds. The maximum Gasteiger partial charge on any atom is 0.307 e. The maximum atomic E-state index is 10.8. The van der Waals surface area contributed by atoms with Gasteiger partial charge in [-0.15, -0.1) is 23.4 Å². The summed E-state index contributed by atoms with van der Waals surface area (Å²) in [4.78, 5) is 10.4. The normalized spacial score (nSPS) is 22.8. The van der Waals surface area contributed by atoms with Gasteiger partial charge < -0.3 is 4.74 Å². The largest absolute Gasteiger partial charge is 0.430 e. The zero-order valence-electron chi connectivity index (χ0n) is 7.96. The molecular formula is C9H13ClO2S. The third-order valence-electron chi connectivity index (χ3n) is 1.90. The molecule has 0 saturated carbocycles. The number of halogens is 1. The summed E-state index contributed by atoms with van der Waals surface area (Å²) in [5.41, 5.74) is 0. The minimum atomic E-state index is -0.356. The van der Waals surface area contributed by atoms with E-state index in [0.29, 0.717) is 5.76 Å². The second-order valence-electron chi connectivity index (χ2n) is 3.56. The molecule has 0 bridgehead atoms. The molecule has 0 aromatic carbocycles. The Hall–Kier alpha value is -0.150. The van der Waals surface area contributed by atoms with E-state index >= 15 is 0 Å². The number of hydrogen-bond acceptors (Lipinski definition) is 3. The SMILES string of the molecule is CC(=O)OC1=CSC[C@@H]1C(C)(C)Cl. The van der Waals surface area contributed by atoms with E-state index in [-0.39, 0.29) is 16.8 Å². The Morgan fingerprint density at radius 3 is 2.85 bits per heavy atom. The zero-order chi connectivity index (χ0) is 10.1. The molecule has 74 valence electrons. The van der Waals surface area contributed by atoms with Crippen molar-refractivity contribution in [3.05, 3.63) is 11.2 Å². The number of hydrogen-bond donors (Lipinski definition) is 0. The van der Waals surface area contributed by atoms with E-state index in [2.05, 4.69) is 0 Å². The summed E-state index contributed by atoms with van der Waals surface area (Å²) >= 11 is 7.81. The quantitative estimate of drug-likeness (QED) is 0.529. The molecule has 0 unspecified atom stereocenters. The first kappa shape index (κ1) is 10.9. The van der Waals surface area contributed by atoms with E-state index in [4.69, 9.17) is 16.3 Å². The van der Waals surface area contributed by atoms with E-state index in [1.165, 1.54) is 6.92 Å². The fourth-order valence-corrected chi connectivity index (χ4v) is 2.71. The number of rotatable bonds is 2. The topological polar surface area (TPSA) is 26.3 Å². The molecule has 13 heavy (non-hydrogen) atoms. The zero-order valence-corrected chi connectivity index (χ0v) is 9.54. The Morgan fingerprint density at radius 2 is 2.38 bits per heavy atom. The Morgan fingerprint density at radius 1 is 1.77 bits per heavy atom. The highest BCUT2D eigenvalue weighted by atomic mass is 35.5. The predicted molar refractivity (Wildman–Crippen MR) is 55.7 cm³/mol. The first-order valence-electron chi connectivity index (χ1n) is 4.10. The van der Waals surface area contributed by atoms with Gasteiger partial charge in [0.25, 0.3) is 0 Å². The Balaban J connectivity index is 2.68. The van der Waals surface area contributed by atoms with Crippen LogP contribution in [-0.2, 0) is 9.53 Å². The lowest BCUT2D eigenvalue weighted by Gasteiger charge is -2.25. The van der Waals surface area contributed by atoms with Crippen LogP contribution in [0.4, 0.5) is 0 Å². The molecule has 2 nitrogen and oxygen atoms in total. The van der Waals surface area contributed by atoms with E-state index in [0.717, 1.165) is 5.75 Å². The molecule has 1 atom stereocenters. The van der Waals surface area contributed by atoms with Gasteiger partial charge in [0.2, 0.25) is 0 Å². The molecule has 0 saturated heterocycles. The third kappa shape index (κ3) is 2.92. The minimum Gasteiger partial charge on any atom is -0.430 e. The van der Waals surface area contributed by atoms with Crippen molar-refractivity contribution in [3.63, 3.8) is 0 Å². The van der Waals surface area contributed by atoms with Crippen LogP contribution in [0.5, 0.6) is 0 Å². The Labute approximate surface area is 87.7 Å². The summed E-state index contributed by atoms with van der Waals surface area (Å²) in [5.74, 6) is 1.44. The molecule has 0 fully saturated rings. The van der Waals surface area contributed by atoms with Crippen molar-refractivity contribution < 1.29 is 9.53 Å². The number of allylic oxidation sites excluding steroid dienone is 1. The molecule has 0 radical (unpaired) electrons. The lowest BCUT2D eigenvalue weighted by atomic mass is 9.95. The van der Waals surface area contributed by atoms with Crippen LogP contribution >= 0.6 is 23.4 Å². The van der Waals surface area contributed by atoms with E-state index in [1.807, 2.05) is 19.3 Å². The summed E-state index contributed by atoms with van der Waals surface area (Å²) < 4.78 is 5.07. The van der Waals surface area contributed by atoms with Crippen molar-refractivity contribution in [1.29, 1.82) is 0 Å². The molecule has 4 heteroatoms. The van der Waals surface area contributed by atoms with Crippen LogP contribution in [0.3, 0.4) is 0 Å². The predicted octanol–water partition coefficient (Wildman–Crippen LogP) is 2.77. The molecule has 0 aromatic rings. The molecular weight excluding hydrogens is 208 g/mol. The van der Waals surface area contributed by atoms with Crippen molar-refractivity contribution in [2.75, 3.05) is 5.75 Å². The van der Waals surface area contributed by atoms with Crippen LogP contribution in [0.15, 0.2) is 11.2 Å². The van der Waals surface area contributed by atoms with Gasteiger partial charge in [0.15, 0.2) is 0 Å². The summed E-state index contributed by atoms with van der Waals surface area (Å²) in [7, 11) is 0. The van der Waals surface area contributed by atoms with Crippen LogP contribution in [0.2, 0.25) is 0 Å². The molecule has 1 rings (SSSR count). The highest BCUT2D eigenvalue weighted by molar-refractivity contribution is 8.02. The molecule has 1 aliphatic heterocycles. The van der Waals surface area contributed by atoms with Crippen LogP contribution < -0.4 is 0 Å². The third-order valence-corrected chi connectivity index (χ3v) is 3.08. The fraction of sp³-hybridized carbons (Fsp3) is 0.667. The average Bonchev–Trinajstić information content (AvgIpc) is 2.31. The highest BCUT2D eigenvalue weighted by Crippen LogP contribution is 2.39. The van der Waals surface area contributed by atoms with Crippen molar-refractivity contribution >= 4 is 29.3 Å². The first-order chi connectivity index (χ1) is 5.91. The maximum absolute atomic E-state index is 10.8. The van der Waals surface area contributed by atoms with Gasteiger partial charge in [-0.25, -0.2) is 0 Å². The lowest BCUT2D eigenvalue weighted by molar-refractivity contribution is -0.137. The summed E-state index contributed by atoms with van der Waals surface area (Å²) in [5, 5.41) is 1.87. The molecule has 0 spiro atoms. The van der Waals surface area contributed by atoms with Crippen LogP contribution in [0.1, 0.15) is 20.8 Å². The van der Waals surface area contributed by atoms with Gasteiger partial charge in [-0.2, -0.15) is 0 Å². The number of carbonyl (C=O) groups excluding carboxylic acids is 1. The van der Waals surface area contributed by atoms with Gasteiger partial charge in [0, 0.05) is 28.9 Å². The van der Waals surface area contributed by atoms with E-state index in [1.54, 1.807) is 11.8 Å². The van der Waals surface area contributed by atoms with Gasteiger partial charge >= 0.3 is 5.97 Å². The Bertz CT molecular complexity index is 242. The molecule has 0 aliphatic carbocycles. The first-order valence-corrected chi connectivity index (χ1v) is 5.53. The summed E-state index contributed by atoms with van der Waals surface area (Å²) in [6.07, 6.45) is 0. The molecule has 1 heterocycles. The average molecular weight is 221 g/mol. The summed E-state index contributed by atoms with van der Waals surface area (Å²) in [6.45, 7) is 5.27. The van der Waals surface area contributed by atoms with Gasteiger partial charge in [0.05, 0.1) is 0 Å². The summed E-state index contributed by atoms with van der Waals surface area (Å²) in [6, 6.07) is 0. The molecule has 0 aromatic heterocycles. The number of alkyl halides is 1. The highest BCUT2D eigenvalue weighted by Gasteiger charge is 2.35. The lowest BCUT2D eigenvalue weighted by Crippen LogP contribution is -2.27. The van der Waals surface area contributed by atoms with Gasteiger partial charge in [-0.05, 0) is 13.8 Å². The van der Waals surface area contributed by atoms with Gasteiger partial charge in [-0.3, -0.25) is 4.79 Å². The second kappa shape index (κ2) is 3.93. The van der Waals surface area contributed by atoms with Crippen LogP contribution in [0, 0.1) is 5.92 Å². The smallest absolute Gasteiger partial charge is 0.307 e. The molecule has 0 N–H and O–H groups in total. The van der Waals surface area contributed by atoms with Crippen molar-refractivity contribution in [1.82, 2.24) is 0 Å². The monoisotopic (exact) mass is 220 g/mol. The van der Waals surface area contributed by atoms with Crippen molar-refractivity contribution in [2.24, 2.45) is 5.92 Å². The van der Waals surface area contributed by atoms with Gasteiger partial charge in [0.1, 0.15) is 5.76 Å². The van der Waals surface area contributed by atoms with Crippen molar-refractivity contribution in [3.8, 4) is 0 Å². The fourth-order valence-electron chi connectivity index (χ4n) is 1.19. The number of carbonyl (C=O) groups is 1. The number of esters is 1.